The highest BCUT2D eigenvalue weighted by Gasteiger charge is 2.10. The highest BCUT2D eigenvalue weighted by molar-refractivity contribution is 6.07. The van der Waals surface area contributed by atoms with Gasteiger partial charge in [0.2, 0.25) is 5.76 Å². The molecule has 1 aromatic carbocycles. The lowest BCUT2D eigenvalue weighted by Crippen LogP contribution is -2.03. The van der Waals surface area contributed by atoms with Crippen molar-refractivity contribution in [3.8, 4) is 5.75 Å². The summed E-state index contributed by atoms with van der Waals surface area (Å²) in [5.41, 5.74) is 1.33. The predicted octanol–water partition coefficient (Wildman–Crippen LogP) is 2.25. The van der Waals surface area contributed by atoms with E-state index in [1.807, 2.05) is 24.3 Å². The second kappa shape index (κ2) is 6.62. The zero-order valence-electron chi connectivity index (χ0n) is 11.9. The third-order valence-electron chi connectivity index (χ3n) is 3.05. The fraction of sp³-hybridized carbons (Fsp3) is 0.125. The number of hydrogen-bond donors (Lipinski definition) is 2. The number of allylic oxidation sites excluding steroid dienone is 1. The summed E-state index contributed by atoms with van der Waals surface area (Å²) in [4.78, 5) is 22.3. The van der Waals surface area contributed by atoms with Crippen molar-refractivity contribution >= 4 is 11.8 Å². The number of carbonyl (C=O) groups is 2. The van der Waals surface area contributed by atoms with Crippen LogP contribution in [0.25, 0.3) is 0 Å². The molecule has 2 aromatic rings. The molecule has 2 N–H and O–H groups in total. The Morgan fingerprint density at radius 1 is 1.18 bits per heavy atom. The average Bonchev–Trinajstić information content (AvgIpc) is 2.96. The molecule has 0 aliphatic rings. The van der Waals surface area contributed by atoms with Crippen LogP contribution in [0.4, 0.5) is 0 Å². The molecule has 22 heavy (non-hydrogen) atoms. The van der Waals surface area contributed by atoms with Crippen molar-refractivity contribution in [1.82, 2.24) is 4.57 Å². The van der Waals surface area contributed by atoms with Crippen LogP contribution in [-0.2, 0) is 11.3 Å². The minimum Gasteiger partial charge on any atom is -0.502 e. The largest absolute Gasteiger partial charge is 0.502 e. The molecule has 0 unspecified atom stereocenters. The van der Waals surface area contributed by atoms with Crippen LogP contribution in [0.5, 0.6) is 5.75 Å². The van der Waals surface area contributed by atoms with Gasteiger partial charge in [-0.15, -0.1) is 0 Å². The first kappa shape index (κ1) is 15.4. The number of rotatable bonds is 6. The summed E-state index contributed by atoms with van der Waals surface area (Å²) in [5, 5.41) is 17.6. The van der Waals surface area contributed by atoms with Gasteiger partial charge in [0.25, 0.3) is 0 Å². The average molecular weight is 301 g/mol. The van der Waals surface area contributed by atoms with Gasteiger partial charge in [0.1, 0.15) is 5.75 Å². The van der Waals surface area contributed by atoms with Gasteiger partial charge in [-0.05, 0) is 23.8 Å². The Bertz CT molecular complexity index is 712. The molecule has 0 amide bonds. The molecular weight excluding hydrogens is 286 g/mol. The van der Waals surface area contributed by atoms with E-state index in [2.05, 4.69) is 0 Å². The van der Waals surface area contributed by atoms with Gasteiger partial charge in [0.15, 0.2) is 5.78 Å². The van der Waals surface area contributed by atoms with Crippen molar-refractivity contribution in [2.75, 3.05) is 7.11 Å². The normalized spacial score (nSPS) is 11.2. The molecule has 1 heterocycles. The minimum atomic E-state index is -1.54. The minimum absolute atomic E-state index is 0.307. The number of aromatic nitrogens is 1. The number of aliphatic hydroxyl groups excluding tert-OH is 1. The van der Waals surface area contributed by atoms with Gasteiger partial charge in [0.05, 0.1) is 7.11 Å². The van der Waals surface area contributed by atoms with Crippen LogP contribution in [0, 0.1) is 0 Å². The van der Waals surface area contributed by atoms with Crippen LogP contribution < -0.4 is 4.74 Å². The van der Waals surface area contributed by atoms with Gasteiger partial charge in [-0.25, -0.2) is 4.79 Å². The highest BCUT2D eigenvalue weighted by Crippen LogP contribution is 2.13. The van der Waals surface area contributed by atoms with Crippen LogP contribution in [0.1, 0.15) is 15.9 Å². The summed E-state index contributed by atoms with van der Waals surface area (Å²) in [6.45, 7) is 0.561. The topological polar surface area (TPSA) is 88.8 Å². The molecule has 0 bridgehead atoms. The van der Waals surface area contributed by atoms with E-state index in [0.29, 0.717) is 18.2 Å². The highest BCUT2D eigenvalue weighted by atomic mass is 16.5. The summed E-state index contributed by atoms with van der Waals surface area (Å²) in [6, 6.07) is 9.08. The van der Waals surface area contributed by atoms with Crippen molar-refractivity contribution < 1.29 is 24.5 Å². The Morgan fingerprint density at radius 3 is 2.45 bits per heavy atom. The number of nitrogens with zero attached hydrogens (tertiary/aromatic N) is 1. The first-order valence-electron chi connectivity index (χ1n) is 6.46. The lowest BCUT2D eigenvalue weighted by molar-refractivity contribution is -0.135. The summed E-state index contributed by atoms with van der Waals surface area (Å²) >= 11 is 0. The van der Waals surface area contributed by atoms with Crippen molar-refractivity contribution in [2.45, 2.75) is 6.54 Å². The van der Waals surface area contributed by atoms with E-state index in [9.17, 15) is 9.59 Å². The number of ketones is 1. The van der Waals surface area contributed by atoms with Gasteiger partial charge >= 0.3 is 5.97 Å². The van der Waals surface area contributed by atoms with E-state index in [4.69, 9.17) is 14.9 Å². The molecular formula is C16H15NO5. The molecule has 0 fully saturated rings. The van der Waals surface area contributed by atoms with E-state index in [-0.39, 0.29) is 0 Å². The Balaban J connectivity index is 2.09. The van der Waals surface area contributed by atoms with E-state index in [1.54, 1.807) is 30.1 Å². The fourth-order valence-corrected chi connectivity index (χ4v) is 1.90. The van der Waals surface area contributed by atoms with Gasteiger partial charge in [0, 0.05) is 30.6 Å². The zero-order valence-corrected chi connectivity index (χ0v) is 11.9. The lowest BCUT2D eigenvalue weighted by Gasteiger charge is -2.04. The van der Waals surface area contributed by atoms with Crippen LogP contribution in [0.3, 0.4) is 0 Å². The smallest absolute Gasteiger partial charge is 0.371 e. The maximum Gasteiger partial charge on any atom is 0.371 e. The molecule has 2 rings (SSSR count). The molecule has 0 aliphatic carbocycles. The maximum atomic E-state index is 11.8. The SMILES string of the molecule is COc1ccc(Cn2ccc(C(=O)C=C(O)C(=O)O)c2)cc1. The molecule has 1 aromatic heterocycles. The molecule has 0 atom stereocenters. The van der Waals surface area contributed by atoms with Crippen molar-refractivity contribution in [1.29, 1.82) is 0 Å². The van der Waals surface area contributed by atoms with Gasteiger partial charge in [-0.2, -0.15) is 0 Å². The number of ether oxygens (including phenoxy) is 1. The Morgan fingerprint density at radius 2 is 1.86 bits per heavy atom. The van der Waals surface area contributed by atoms with E-state index in [0.717, 1.165) is 11.3 Å². The van der Waals surface area contributed by atoms with E-state index in [1.165, 1.54) is 0 Å². The van der Waals surface area contributed by atoms with Crippen molar-refractivity contribution in [2.24, 2.45) is 0 Å². The maximum absolute atomic E-state index is 11.8. The van der Waals surface area contributed by atoms with Crippen LogP contribution in [0.2, 0.25) is 0 Å². The van der Waals surface area contributed by atoms with E-state index < -0.39 is 17.5 Å². The summed E-state index contributed by atoms with van der Waals surface area (Å²) in [7, 11) is 1.60. The van der Waals surface area contributed by atoms with Crippen LogP contribution in [-0.4, -0.2) is 33.6 Å². The predicted molar refractivity (Wildman–Crippen MR) is 79.2 cm³/mol. The lowest BCUT2D eigenvalue weighted by atomic mass is 10.2. The standard InChI is InChI=1S/C16H15NO5/c1-22-13-4-2-11(3-5-13)9-17-7-6-12(10-17)14(18)8-15(19)16(20)21/h2-8,10,19H,9H2,1H3,(H,20,21). The zero-order chi connectivity index (χ0) is 16.1. The number of benzene rings is 1. The second-order valence-electron chi connectivity index (χ2n) is 4.62. The molecule has 0 saturated heterocycles. The Kier molecular flexibility index (Phi) is 4.63. The Labute approximate surface area is 126 Å². The second-order valence-corrected chi connectivity index (χ2v) is 4.62. The van der Waals surface area contributed by atoms with Gasteiger partial charge < -0.3 is 19.5 Å². The number of carboxylic acid groups (broad SMARTS) is 1. The van der Waals surface area contributed by atoms with Gasteiger partial charge in [-0.3, -0.25) is 4.79 Å². The monoisotopic (exact) mass is 301 g/mol. The van der Waals surface area contributed by atoms with Crippen molar-refractivity contribution in [3.63, 3.8) is 0 Å². The van der Waals surface area contributed by atoms with Crippen molar-refractivity contribution in [3.05, 3.63) is 65.7 Å². The quantitative estimate of drug-likeness (QED) is 0.485. The number of aliphatic hydroxyl groups is 1. The third-order valence-corrected chi connectivity index (χ3v) is 3.05. The summed E-state index contributed by atoms with van der Waals surface area (Å²) < 4.78 is 6.87. The summed E-state index contributed by atoms with van der Waals surface area (Å²) in [6.07, 6.45) is 4.00. The number of carboxylic acids is 1. The summed E-state index contributed by atoms with van der Waals surface area (Å²) in [5.74, 6) is -2.31. The molecule has 6 nitrogen and oxygen atoms in total. The number of methoxy groups -OCH3 is 1. The molecule has 0 radical (unpaired) electrons. The molecule has 0 saturated carbocycles. The van der Waals surface area contributed by atoms with Crippen LogP contribution in [0.15, 0.2) is 54.6 Å². The molecule has 0 aliphatic heterocycles. The number of hydrogen-bond acceptors (Lipinski definition) is 4. The number of carbonyl (C=O) groups excluding carboxylic acids is 1. The first-order valence-corrected chi connectivity index (χ1v) is 6.46. The molecule has 6 heteroatoms. The van der Waals surface area contributed by atoms with E-state index >= 15 is 0 Å². The fourth-order valence-electron chi connectivity index (χ4n) is 1.90. The Hall–Kier alpha value is -3.02. The molecule has 0 spiro atoms. The van der Waals surface area contributed by atoms with Crippen LogP contribution >= 0.6 is 0 Å². The number of aliphatic carboxylic acids is 1. The molecule has 114 valence electrons. The first-order chi connectivity index (χ1) is 10.5. The van der Waals surface area contributed by atoms with Gasteiger partial charge in [-0.1, -0.05) is 12.1 Å². The third kappa shape index (κ3) is 3.76.